The van der Waals surface area contributed by atoms with Gasteiger partial charge in [0.15, 0.2) is 0 Å². The Morgan fingerprint density at radius 2 is 2.00 bits per heavy atom. The Bertz CT molecular complexity index is 223. The van der Waals surface area contributed by atoms with Gasteiger partial charge in [-0.25, -0.2) is 0 Å². The molecule has 0 unspecified atom stereocenters. The Morgan fingerprint density at radius 1 is 1.40 bits per heavy atom. The Balaban J connectivity index is 2.96. The fourth-order valence-electron chi connectivity index (χ4n) is 0.626. The fourth-order valence-corrected chi connectivity index (χ4v) is 0.626. The zero-order valence-corrected chi connectivity index (χ0v) is 5.24. The van der Waals surface area contributed by atoms with E-state index in [0.29, 0.717) is 5.69 Å². The van der Waals surface area contributed by atoms with Gasteiger partial charge in [-0.15, -0.1) is 0 Å². The van der Waals surface area contributed by atoms with Gasteiger partial charge in [0.2, 0.25) is 0 Å². The third-order valence-corrected chi connectivity index (χ3v) is 1.10. The Kier molecular flexibility index (Phi) is 1.46. The van der Waals surface area contributed by atoms with Crippen molar-refractivity contribution in [2.24, 2.45) is 0 Å². The Hall–Kier alpha value is -0.930. The third-order valence-electron chi connectivity index (χ3n) is 1.10. The predicted octanol–water partition coefficient (Wildman–Crippen LogP) is 1.97. The number of rotatable bonds is 0. The highest BCUT2D eigenvalue weighted by Crippen LogP contribution is 2.28. The minimum atomic E-state index is -4.25. The highest BCUT2D eigenvalue weighted by molar-refractivity contribution is 5.17. The zero-order chi connectivity index (χ0) is 7.78. The lowest BCUT2D eigenvalue weighted by atomic mass is 10.3. The van der Waals surface area contributed by atoms with Crippen LogP contribution in [0.2, 0.25) is 0 Å². The van der Waals surface area contributed by atoms with Gasteiger partial charge in [-0.2, -0.15) is 25.1 Å². The van der Waals surface area contributed by atoms with Gasteiger partial charge < -0.3 is 4.98 Å². The van der Waals surface area contributed by atoms with Gasteiger partial charge in [0, 0.05) is 5.56 Å². The number of hydrogen-bond donors (Lipinski definition) is 0. The Labute approximate surface area is 55.9 Å². The highest BCUT2D eigenvalue weighted by atomic mass is 19.4. The molecule has 1 aromatic rings. The third kappa shape index (κ3) is 1.32. The molecule has 0 radical (unpaired) electrons. The molecule has 0 saturated heterocycles. The van der Waals surface area contributed by atoms with Crippen LogP contribution in [-0.2, 0) is 6.18 Å². The van der Waals surface area contributed by atoms with Gasteiger partial charge >= 0.3 is 6.18 Å². The number of alkyl halides is 3. The summed E-state index contributed by atoms with van der Waals surface area (Å²) in [7, 11) is 0. The van der Waals surface area contributed by atoms with E-state index in [2.05, 4.69) is 4.98 Å². The second kappa shape index (κ2) is 2.04. The molecule has 1 heterocycles. The molecule has 0 atom stereocenters. The quantitative estimate of drug-likeness (QED) is 0.548. The van der Waals surface area contributed by atoms with Gasteiger partial charge in [0.1, 0.15) is 0 Å². The van der Waals surface area contributed by atoms with Crippen molar-refractivity contribution in [3.8, 4) is 0 Å². The van der Waals surface area contributed by atoms with Crippen LogP contribution >= 0.6 is 0 Å². The van der Waals surface area contributed by atoms with Crippen molar-refractivity contribution < 1.29 is 13.2 Å². The van der Waals surface area contributed by atoms with Gasteiger partial charge in [0.25, 0.3) is 0 Å². The first kappa shape index (κ1) is 7.18. The largest absolute Gasteiger partial charge is 0.667 e. The first-order chi connectivity index (χ1) is 4.50. The van der Waals surface area contributed by atoms with Crippen LogP contribution in [0.3, 0.4) is 0 Å². The molecular formula is C6H5F3N-. The molecule has 1 nitrogen and oxygen atoms in total. The highest BCUT2D eigenvalue weighted by Gasteiger charge is 2.28. The van der Waals surface area contributed by atoms with E-state index in [0.717, 1.165) is 12.3 Å². The van der Waals surface area contributed by atoms with Crippen molar-refractivity contribution in [3.63, 3.8) is 0 Å². The second-order valence-corrected chi connectivity index (χ2v) is 2.00. The molecule has 1 aromatic heterocycles. The molecule has 0 bridgehead atoms. The number of hydrogen-bond acceptors (Lipinski definition) is 0. The minimum Gasteiger partial charge on any atom is -0.667 e. The number of nitrogens with zero attached hydrogens (tertiary/aromatic N) is 1. The SMILES string of the molecule is Cc1cc(C(F)(F)F)c[n-]1. The smallest absolute Gasteiger partial charge is 0.414 e. The summed E-state index contributed by atoms with van der Waals surface area (Å²) in [6.45, 7) is 1.52. The summed E-state index contributed by atoms with van der Waals surface area (Å²) in [5.41, 5.74) is -0.280. The van der Waals surface area contributed by atoms with E-state index < -0.39 is 11.7 Å². The summed E-state index contributed by atoms with van der Waals surface area (Å²) in [6, 6.07) is 1.01. The molecule has 0 N–H and O–H groups in total. The van der Waals surface area contributed by atoms with E-state index in [4.69, 9.17) is 0 Å². The summed E-state index contributed by atoms with van der Waals surface area (Å²) < 4.78 is 35.3. The minimum absolute atomic E-state index is 0.396. The van der Waals surface area contributed by atoms with Crippen LogP contribution in [0.1, 0.15) is 11.3 Å². The van der Waals surface area contributed by atoms with Crippen molar-refractivity contribution in [1.82, 2.24) is 4.98 Å². The van der Waals surface area contributed by atoms with Crippen LogP contribution in [0.5, 0.6) is 0 Å². The first-order valence-corrected chi connectivity index (χ1v) is 2.66. The van der Waals surface area contributed by atoms with E-state index in [1.54, 1.807) is 0 Å². The monoisotopic (exact) mass is 148 g/mol. The Morgan fingerprint density at radius 3 is 2.20 bits per heavy atom. The van der Waals surface area contributed by atoms with Crippen molar-refractivity contribution in [2.45, 2.75) is 13.1 Å². The average molecular weight is 148 g/mol. The molecule has 10 heavy (non-hydrogen) atoms. The molecule has 0 amide bonds. The van der Waals surface area contributed by atoms with Crippen LogP contribution in [0, 0.1) is 6.92 Å². The van der Waals surface area contributed by atoms with E-state index in [9.17, 15) is 13.2 Å². The number of aromatic nitrogens is 1. The summed E-state index contributed by atoms with van der Waals surface area (Å²) in [5.74, 6) is 0. The second-order valence-electron chi connectivity index (χ2n) is 2.00. The molecular weight excluding hydrogens is 143 g/mol. The number of aryl methyl sites for hydroxylation is 1. The average Bonchev–Trinajstić information content (AvgIpc) is 2.11. The maximum atomic E-state index is 11.8. The summed E-state index contributed by atoms with van der Waals surface area (Å²) in [5, 5.41) is 0. The summed E-state index contributed by atoms with van der Waals surface area (Å²) >= 11 is 0. The van der Waals surface area contributed by atoms with E-state index >= 15 is 0 Å². The van der Waals surface area contributed by atoms with E-state index in [1.165, 1.54) is 6.92 Å². The van der Waals surface area contributed by atoms with Crippen LogP contribution in [0.4, 0.5) is 13.2 Å². The van der Waals surface area contributed by atoms with Crippen molar-refractivity contribution >= 4 is 0 Å². The van der Waals surface area contributed by atoms with E-state index in [1.807, 2.05) is 0 Å². The molecule has 0 spiro atoms. The summed E-state index contributed by atoms with van der Waals surface area (Å²) in [4.78, 5) is 3.46. The lowest BCUT2D eigenvalue weighted by molar-refractivity contribution is -0.137. The predicted molar refractivity (Wildman–Crippen MR) is 29.5 cm³/mol. The molecule has 0 fully saturated rings. The topological polar surface area (TPSA) is 14.1 Å². The molecule has 56 valence electrons. The molecule has 0 aliphatic carbocycles. The van der Waals surface area contributed by atoms with Gasteiger partial charge in [-0.3, -0.25) is 0 Å². The van der Waals surface area contributed by atoms with Crippen LogP contribution in [-0.4, -0.2) is 0 Å². The standard InChI is InChI=1S/C6H5F3N/c1-4-2-5(3-10-4)6(7,8)9/h2-3H,1H3/q-1. The van der Waals surface area contributed by atoms with Crippen LogP contribution in [0.25, 0.3) is 0 Å². The number of halogens is 3. The molecule has 1 rings (SSSR count). The molecule has 0 saturated carbocycles. The normalized spacial score (nSPS) is 12.0. The molecule has 0 aliphatic rings. The van der Waals surface area contributed by atoms with Crippen LogP contribution < -0.4 is 4.98 Å². The van der Waals surface area contributed by atoms with Gasteiger partial charge in [0.05, 0.1) is 0 Å². The van der Waals surface area contributed by atoms with Gasteiger partial charge in [-0.1, -0.05) is 13.0 Å². The lowest BCUT2D eigenvalue weighted by Crippen LogP contribution is -2.02. The molecule has 0 aliphatic heterocycles. The molecule has 0 aromatic carbocycles. The zero-order valence-electron chi connectivity index (χ0n) is 5.24. The fraction of sp³-hybridized carbons (Fsp3) is 0.333. The van der Waals surface area contributed by atoms with Crippen molar-refractivity contribution in [2.75, 3.05) is 0 Å². The maximum Gasteiger partial charge on any atom is 0.414 e. The van der Waals surface area contributed by atoms with Gasteiger partial charge in [-0.05, 0) is 0 Å². The van der Waals surface area contributed by atoms with Crippen molar-refractivity contribution in [1.29, 1.82) is 0 Å². The molecule has 4 heteroatoms. The van der Waals surface area contributed by atoms with Crippen molar-refractivity contribution in [3.05, 3.63) is 23.5 Å². The van der Waals surface area contributed by atoms with E-state index in [-0.39, 0.29) is 0 Å². The summed E-state index contributed by atoms with van der Waals surface area (Å²) in [6.07, 6.45) is -3.42. The maximum absolute atomic E-state index is 11.8. The first-order valence-electron chi connectivity index (χ1n) is 2.66. The lowest BCUT2D eigenvalue weighted by Gasteiger charge is -2.02. The van der Waals surface area contributed by atoms with Crippen LogP contribution in [0.15, 0.2) is 12.3 Å².